The third-order valence-corrected chi connectivity index (χ3v) is 6.43. The molecular weight excluding hydrogens is 300 g/mol. The molecule has 1 aromatic carbocycles. The molecule has 5 atom stereocenters. The molecule has 1 aromatic heterocycles. The van der Waals surface area contributed by atoms with Crippen LogP contribution in [0.4, 0.5) is 0 Å². The largest absolute Gasteiger partial charge is 0.469 e. The number of aromatic nitrogens is 1. The molecule has 0 radical (unpaired) electrons. The number of para-hydroxylation sites is 1. The van der Waals surface area contributed by atoms with Gasteiger partial charge in [0.15, 0.2) is 0 Å². The van der Waals surface area contributed by atoms with Gasteiger partial charge in [-0.2, -0.15) is 0 Å². The molecule has 4 heteroatoms. The van der Waals surface area contributed by atoms with Crippen LogP contribution in [0.5, 0.6) is 0 Å². The lowest BCUT2D eigenvalue weighted by Crippen LogP contribution is -2.62. The van der Waals surface area contributed by atoms with Crippen LogP contribution in [0.1, 0.15) is 30.6 Å². The van der Waals surface area contributed by atoms with Crippen molar-refractivity contribution in [1.82, 2.24) is 9.88 Å². The van der Waals surface area contributed by atoms with Gasteiger partial charge in [-0.05, 0) is 37.3 Å². The fourth-order valence-corrected chi connectivity index (χ4v) is 5.39. The number of fused-ring (bicyclic) bond motifs is 4. The summed E-state index contributed by atoms with van der Waals surface area (Å²) in [5.41, 5.74) is 5.40. The van der Waals surface area contributed by atoms with Crippen LogP contribution in [0.3, 0.4) is 0 Å². The van der Waals surface area contributed by atoms with Crippen molar-refractivity contribution in [3.8, 4) is 0 Å². The Kier molecular flexibility index (Phi) is 2.95. The quantitative estimate of drug-likeness (QED) is 0.648. The molecular formula is C20H22N2O2. The zero-order valence-electron chi connectivity index (χ0n) is 14.1. The first-order valence-corrected chi connectivity index (χ1v) is 8.81. The van der Waals surface area contributed by atoms with Crippen LogP contribution in [-0.4, -0.2) is 35.5 Å². The number of piperidine rings is 3. The highest BCUT2D eigenvalue weighted by Crippen LogP contribution is 2.54. The average molecular weight is 322 g/mol. The monoisotopic (exact) mass is 322 g/mol. The first kappa shape index (κ1) is 14.3. The summed E-state index contributed by atoms with van der Waals surface area (Å²) < 4.78 is 5.18. The van der Waals surface area contributed by atoms with Crippen molar-refractivity contribution < 1.29 is 9.53 Å². The fraction of sp³-hybridized carbons (Fsp3) is 0.450. The Labute approximate surface area is 141 Å². The van der Waals surface area contributed by atoms with Crippen molar-refractivity contribution in [2.24, 2.45) is 11.8 Å². The molecule has 4 aliphatic heterocycles. The molecule has 2 aromatic rings. The van der Waals surface area contributed by atoms with E-state index in [2.05, 4.69) is 47.1 Å². The van der Waals surface area contributed by atoms with E-state index in [0.29, 0.717) is 12.0 Å². The number of hydrogen-bond acceptors (Lipinski definition) is 3. The van der Waals surface area contributed by atoms with Gasteiger partial charge in [0.1, 0.15) is 0 Å². The molecule has 1 unspecified atom stereocenters. The lowest BCUT2D eigenvalue weighted by molar-refractivity contribution is -0.157. The van der Waals surface area contributed by atoms with E-state index in [9.17, 15) is 4.79 Å². The second kappa shape index (κ2) is 4.96. The maximum Gasteiger partial charge on any atom is 0.310 e. The number of rotatable bonds is 1. The second-order valence-electron chi connectivity index (χ2n) is 7.28. The number of carbonyl (C=O) groups excluding carboxylic acids is 1. The van der Waals surface area contributed by atoms with Gasteiger partial charge in [-0.1, -0.05) is 29.8 Å². The highest BCUT2D eigenvalue weighted by Gasteiger charge is 2.55. The maximum atomic E-state index is 12.5. The van der Waals surface area contributed by atoms with Gasteiger partial charge >= 0.3 is 5.97 Å². The summed E-state index contributed by atoms with van der Waals surface area (Å²) >= 11 is 0. The number of hydrogen-bond donors (Lipinski definition) is 1. The van der Waals surface area contributed by atoms with Crippen molar-refractivity contribution in [2.45, 2.75) is 31.8 Å². The minimum absolute atomic E-state index is 0.0342. The Morgan fingerprint density at radius 3 is 3.00 bits per heavy atom. The number of nitrogens with one attached hydrogen (secondary N) is 1. The summed E-state index contributed by atoms with van der Waals surface area (Å²) in [6.07, 6.45) is 4.15. The molecule has 0 aliphatic carbocycles. The average Bonchev–Trinajstić information content (AvgIpc) is 2.99. The maximum absolute atomic E-state index is 12.5. The first-order chi connectivity index (χ1) is 11.7. The number of H-pyrrole nitrogens is 1. The van der Waals surface area contributed by atoms with Crippen molar-refractivity contribution in [3.05, 3.63) is 47.2 Å². The molecule has 0 spiro atoms. The molecule has 4 nitrogen and oxygen atoms in total. The zero-order chi connectivity index (χ0) is 16.4. The van der Waals surface area contributed by atoms with Crippen LogP contribution >= 0.6 is 0 Å². The Balaban J connectivity index is 1.67. The summed E-state index contributed by atoms with van der Waals surface area (Å²) in [4.78, 5) is 18.8. The smallest absolute Gasteiger partial charge is 0.310 e. The molecule has 3 fully saturated rings. The molecule has 6 rings (SSSR count). The second-order valence-corrected chi connectivity index (χ2v) is 7.28. The Bertz CT molecular complexity index is 866. The minimum atomic E-state index is -0.0456. The number of carbonyl (C=O) groups is 1. The minimum Gasteiger partial charge on any atom is -0.469 e. The number of nitrogens with zero attached hydrogens (tertiary/aromatic N) is 1. The van der Waals surface area contributed by atoms with Gasteiger partial charge in [0.2, 0.25) is 0 Å². The third-order valence-electron chi connectivity index (χ3n) is 6.43. The van der Waals surface area contributed by atoms with Crippen molar-refractivity contribution >= 4 is 16.9 Å². The van der Waals surface area contributed by atoms with Crippen molar-refractivity contribution in [1.29, 1.82) is 0 Å². The van der Waals surface area contributed by atoms with Gasteiger partial charge in [-0.15, -0.1) is 0 Å². The topological polar surface area (TPSA) is 45.3 Å². The summed E-state index contributed by atoms with van der Waals surface area (Å²) in [6.45, 7) is 3.08. The van der Waals surface area contributed by atoms with E-state index in [1.165, 1.54) is 34.8 Å². The Hall–Kier alpha value is -2.07. The lowest BCUT2D eigenvalue weighted by Gasteiger charge is -2.57. The Morgan fingerprint density at radius 2 is 2.21 bits per heavy atom. The van der Waals surface area contributed by atoms with E-state index < -0.39 is 0 Å². The fourth-order valence-electron chi connectivity index (χ4n) is 5.39. The number of esters is 1. The SMILES string of the molecule is C/C=C1/CN2[C@H]3C[C@@H]1[C@@H](C(=O)OC)[C@@H]2Cc1c3[nH]c2ccccc12. The van der Waals surface area contributed by atoms with Gasteiger partial charge in [-0.25, -0.2) is 0 Å². The van der Waals surface area contributed by atoms with E-state index in [1.54, 1.807) is 0 Å². The molecule has 5 heterocycles. The third kappa shape index (κ3) is 1.69. The predicted octanol–water partition coefficient (Wildman–Crippen LogP) is 3.20. The van der Waals surface area contributed by atoms with E-state index in [0.717, 1.165) is 19.4 Å². The number of allylic oxidation sites excluding steroid dienone is 1. The normalized spacial score (nSPS) is 35.2. The van der Waals surface area contributed by atoms with Crippen molar-refractivity contribution in [2.75, 3.05) is 13.7 Å². The summed E-state index contributed by atoms with van der Waals surface area (Å²) in [5, 5.41) is 1.32. The summed E-state index contributed by atoms with van der Waals surface area (Å²) in [5.74, 6) is 0.241. The number of aromatic amines is 1. The summed E-state index contributed by atoms with van der Waals surface area (Å²) in [6, 6.07) is 9.20. The molecule has 124 valence electrons. The Morgan fingerprint density at radius 1 is 1.38 bits per heavy atom. The van der Waals surface area contributed by atoms with Crippen LogP contribution in [0.2, 0.25) is 0 Å². The van der Waals surface area contributed by atoms with E-state index in [4.69, 9.17) is 4.74 Å². The zero-order valence-corrected chi connectivity index (χ0v) is 14.1. The molecule has 4 bridgehead atoms. The van der Waals surface area contributed by atoms with E-state index in [1.807, 2.05) is 0 Å². The highest BCUT2D eigenvalue weighted by atomic mass is 16.5. The number of ether oxygens (including phenoxy) is 1. The molecule has 4 aliphatic rings. The van der Waals surface area contributed by atoms with Crippen LogP contribution in [0.15, 0.2) is 35.9 Å². The molecule has 24 heavy (non-hydrogen) atoms. The number of benzene rings is 1. The lowest BCUT2D eigenvalue weighted by atomic mass is 9.64. The van der Waals surface area contributed by atoms with Crippen LogP contribution in [0, 0.1) is 11.8 Å². The molecule has 0 amide bonds. The first-order valence-electron chi connectivity index (χ1n) is 8.81. The van der Waals surface area contributed by atoms with Gasteiger partial charge < -0.3 is 9.72 Å². The summed E-state index contributed by atoms with van der Waals surface area (Å²) in [7, 11) is 1.52. The van der Waals surface area contributed by atoms with Crippen LogP contribution in [0.25, 0.3) is 10.9 Å². The van der Waals surface area contributed by atoms with Gasteiger partial charge in [0.05, 0.1) is 19.1 Å². The van der Waals surface area contributed by atoms with E-state index in [-0.39, 0.29) is 17.9 Å². The highest BCUT2D eigenvalue weighted by molar-refractivity contribution is 5.86. The number of methoxy groups -OCH3 is 1. The van der Waals surface area contributed by atoms with Crippen LogP contribution < -0.4 is 0 Å². The molecule has 3 saturated heterocycles. The standard InChI is InChI=1S/C20H22N2O2/c1-3-11-10-22-16-9-14-12-6-4-5-7-15(12)21-19(14)17(22)8-13(11)18(16)20(23)24-2/h3-7,13,16-18,21H,8-10H2,1-2H3/b11-3-/t13-,16-,17-,18+/m0/s1. The van der Waals surface area contributed by atoms with Crippen molar-refractivity contribution in [3.63, 3.8) is 0 Å². The van der Waals surface area contributed by atoms with Gasteiger partial charge in [0.25, 0.3) is 0 Å². The predicted molar refractivity (Wildman–Crippen MR) is 92.6 cm³/mol. The van der Waals surface area contributed by atoms with Gasteiger partial charge in [-0.3, -0.25) is 9.69 Å². The van der Waals surface area contributed by atoms with E-state index >= 15 is 0 Å². The van der Waals surface area contributed by atoms with Crippen LogP contribution in [-0.2, 0) is 16.0 Å². The molecule has 1 N–H and O–H groups in total. The van der Waals surface area contributed by atoms with Gasteiger partial charge in [0, 0.05) is 29.2 Å². The molecule has 0 saturated carbocycles.